The average molecular weight is 353 g/mol. The number of halogens is 1. The maximum atomic E-state index is 12.3. The lowest BCUT2D eigenvalue weighted by Gasteiger charge is -2.18. The molecule has 0 saturated carbocycles. The third kappa shape index (κ3) is 3.42. The van der Waals surface area contributed by atoms with Crippen molar-refractivity contribution >= 4 is 34.4 Å². The van der Waals surface area contributed by atoms with Crippen LogP contribution >= 0.6 is 11.6 Å². The predicted molar refractivity (Wildman–Crippen MR) is 98.4 cm³/mol. The first-order chi connectivity index (χ1) is 12.2. The minimum absolute atomic E-state index is 0.0189. The van der Waals surface area contributed by atoms with Gasteiger partial charge in [0, 0.05) is 24.5 Å². The van der Waals surface area contributed by atoms with E-state index in [0.29, 0.717) is 30.4 Å². The van der Waals surface area contributed by atoms with Crippen molar-refractivity contribution in [2.75, 3.05) is 11.9 Å². The van der Waals surface area contributed by atoms with Crippen LogP contribution in [0.5, 0.6) is 0 Å². The van der Waals surface area contributed by atoms with Crippen molar-refractivity contribution in [1.29, 1.82) is 0 Å². The molecule has 0 spiro atoms. The first-order valence-electron chi connectivity index (χ1n) is 8.18. The fourth-order valence-electron chi connectivity index (χ4n) is 3.09. The molecule has 1 aliphatic rings. The van der Waals surface area contributed by atoms with Gasteiger partial charge in [-0.1, -0.05) is 41.9 Å². The zero-order valence-corrected chi connectivity index (χ0v) is 14.3. The number of aromatic nitrogens is 2. The zero-order chi connectivity index (χ0) is 17.2. The number of carbonyl (C=O) groups excluding carboxylic acids is 1. The van der Waals surface area contributed by atoms with Crippen molar-refractivity contribution in [2.45, 2.75) is 19.0 Å². The molecule has 1 aliphatic heterocycles. The van der Waals surface area contributed by atoms with E-state index < -0.39 is 0 Å². The van der Waals surface area contributed by atoms with Crippen molar-refractivity contribution in [2.24, 2.45) is 0 Å². The van der Waals surface area contributed by atoms with E-state index in [0.717, 1.165) is 16.6 Å². The highest BCUT2D eigenvalue weighted by Gasteiger charge is 2.30. The van der Waals surface area contributed by atoms with E-state index >= 15 is 0 Å². The lowest BCUT2D eigenvalue weighted by atomic mass is 10.2. The maximum Gasteiger partial charge on any atom is 0.225 e. The summed E-state index contributed by atoms with van der Waals surface area (Å²) in [6.07, 6.45) is 2.16. The van der Waals surface area contributed by atoms with E-state index in [4.69, 9.17) is 11.6 Å². The Bertz CT molecular complexity index is 930. The Balaban J connectivity index is 1.45. The molecule has 5 nitrogen and oxygen atoms in total. The lowest BCUT2D eigenvalue weighted by molar-refractivity contribution is -0.128. The van der Waals surface area contributed by atoms with Gasteiger partial charge in [-0.05, 0) is 23.8 Å². The zero-order valence-electron chi connectivity index (χ0n) is 13.5. The smallest absolute Gasteiger partial charge is 0.225 e. The van der Waals surface area contributed by atoms with Gasteiger partial charge in [0.2, 0.25) is 5.91 Å². The molecule has 1 saturated heterocycles. The summed E-state index contributed by atoms with van der Waals surface area (Å²) in [5.41, 5.74) is 2.66. The van der Waals surface area contributed by atoms with E-state index in [9.17, 15) is 4.79 Å². The molecule has 0 bridgehead atoms. The molecule has 1 fully saturated rings. The van der Waals surface area contributed by atoms with Gasteiger partial charge in [-0.3, -0.25) is 9.78 Å². The monoisotopic (exact) mass is 352 g/mol. The Hall–Kier alpha value is -2.66. The molecule has 3 aromatic rings. The van der Waals surface area contributed by atoms with Crippen LogP contribution in [0.2, 0.25) is 5.02 Å². The van der Waals surface area contributed by atoms with Gasteiger partial charge >= 0.3 is 0 Å². The van der Waals surface area contributed by atoms with E-state index in [2.05, 4.69) is 15.3 Å². The van der Waals surface area contributed by atoms with Crippen molar-refractivity contribution in [3.63, 3.8) is 0 Å². The molecule has 0 aliphatic carbocycles. The van der Waals surface area contributed by atoms with Crippen LogP contribution < -0.4 is 5.32 Å². The largest absolute Gasteiger partial charge is 0.364 e. The quantitative estimate of drug-likeness (QED) is 0.780. The van der Waals surface area contributed by atoms with Crippen LogP contribution in [0.25, 0.3) is 11.0 Å². The standard InChI is InChI=1S/C19H17ClN4O/c20-15-6-2-1-5-13(15)11-24-12-14(9-19(24)25)22-18-10-21-16-7-3-4-8-17(16)23-18/h1-8,10,14H,9,11-12H2,(H,22,23)/t14-/m1/s1. The SMILES string of the molecule is O=C1C[C@@H](Nc2cnc3ccccc3n2)CN1Cc1ccccc1Cl. The van der Waals surface area contributed by atoms with Gasteiger partial charge in [0.1, 0.15) is 5.82 Å². The van der Waals surface area contributed by atoms with Gasteiger partial charge in [-0.25, -0.2) is 4.98 Å². The van der Waals surface area contributed by atoms with Crippen molar-refractivity contribution in [3.05, 3.63) is 65.3 Å². The number of carbonyl (C=O) groups is 1. The fraction of sp³-hybridized carbons (Fsp3) is 0.211. The van der Waals surface area contributed by atoms with Gasteiger partial charge in [0.15, 0.2) is 0 Å². The number of hydrogen-bond acceptors (Lipinski definition) is 4. The van der Waals surface area contributed by atoms with Gasteiger partial charge in [0.05, 0.1) is 23.3 Å². The van der Waals surface area contributed by atoms with Crippen molar-refractivity contribution in [1.82, 2.24) is 14.9 Å². The number of anilines is 1. The van der Waals surface area contributed by atoms with Gasteiger partial charge in [-0.2, -0.15) is 0 Å². The third-order valence-electron chi connectivity index (χ3n) is 4.33. The first-order valence-corrected chi connectivity index (χ1v) is 8.56. The van der Waals surface area contributed by atoms with Crippen molar-refractivity contribution in [3.8, 4) is 0 Å². The summed E-state index contributed by atoms with van der Waals surface area (Å²) in [7, 11) is 0. The summed E-state index contributed by atoms with van der Waals surface area (Å²) in [5, 5.41) is 4.01. The number of benzene rings is 2. The predicted octanol–water partition coefficient (Wildman–Crippen LogP) is 3.50. The second-order valence-electron chi connectivity index (χ2n) is 6.16. The molecule has 1 N–H and O–H groups in total. The second-order valence-corrected chi connectivity index (χ2v) is 6.56. The van der Waals surface area contributed by atoms with Gasteiger partial charge in [0.25, 0.3) is 0 Å². The highest BCUT2D eigenvalue weighted by Crippen LogP contribution is 2.22. The summed E-state index contributed by atoms with van der Waals surface area (Å²) >= 11 is 6.20. The van der Waals surface area contributed by atoms with Crippen LogP contribution in [0.15, 0.2) is 54.7 Å². The van der Waals surface area contributed by atoms with Crippen LogP contribution in [-0.2, 0) is 11.3 Å². The molecule has 1 aromatic heterocycles. The van der Waals surface area contributed by atoms with Crippen LogP contribution in [-0.4, -0.2) is 33.4 Å². The minimum atomic E-state index is 0.0189. The molecular formula is C19H17ClN4O. The summed E-state index contributed by atoms with van der Waals surface area (Å²) in [6.45, 7) is 1.15. The van der Waals surface area contributed by atoms with Gasteiger partial charge in [-0.15, -0.1) is 0 Å². The Morgan fingerprint density at radius 2 is 1.88 bits per heavy atom. The summed E-state index contributed by atoms with van der Waals surface area (Å²) in [5.74, 6) is 0.808. The number of para-hydroxylation sites is 2. The second kappa shape index (κ2) is 6.69. The van der Waals surface area contributed by atoms with E-state index in [1.807, 2.05) is 53.4 Å². The Morgan fingerprint density at radius 3 is 2.72 bits per heavy atom. The number of hydrogen-bond donors (Lipinski definition) is 1. The lowest BCUT2D eigenvalue weighted by Crippen LogP contribution is -2.27. The molecular weight excluding hydrogens is 336 g/mol. The van der Waals surface area contributed by atoms with E-state index in [1.165, 1.54) is 0 Å². The molecule has 1 atom stereocenters. The summed E-state index contributed by atoms with van der Waals surface area (Å²) in [4.78, 5) is 23.1. The molecule has 25 heavy (non-hydrogen) atoms. The third-order valence-corrected chi connectivity index (χ3v) is 4.70. The van der Waals surface area contributed by atoms with Crippen LogP contribution in [0, 0.1) is 0 Å². The number of fused-ring (bicyclic) bond motifs is 1. The topological polar surface area (TPSA) is 58.1 Å². The van der Waals surface area contributed by atoms with E-state index in [-0.39, 0.29) is 11.9 Å². The Labute approximate surface area is 150 Å². The van der Waals surface area contributed by atoms with Crippen LogP contribution in [0.3, 0.4) is 0 Å². The highest BCUT2D eigenvalue weighted by atomic mass is 35.5. The van der Waals surface area contributed by atoms with Crippen molar-refractivity contribution < 1.29 is 4.79 Å². The number of rotatable bonds is 4. The molecule has 1 amide bonds. The normalized spacial score (nSPS) is 17.2. The number of nitrogens with zero attached hydrogens (tertiary/aromatic N) is 3. The molecule has 0 unspecified atom stereocenters. The average Bonchev–Trinajstić information content (AvgIpc) is 2.96. The minimum Gasteiger partial charge on any atom is -0.364 e. The van der Waals surface area contributed by atoms with Gasteiger partial charge < -0.3 is 10.2 Å². The summed E-state index contributed by atoms with van der Waals surface area (Å²) in [6, 6.07) is 15.4. The Morgan fingerprint density at radius 1 is 1.12 bits per heavy atom. The first kappa shape index (κ1) is 15.8. The number of amides is 1. The Kier molecular flexibility index (Phi) is 4.24. The van der Waals surface area contributed by atoms with Crippen LogP contribution in [0.4, 0.5) is 5.82 Å². The molecule has 2 aromatic carbocycles. The van der Waals surface area contributed by atoms with E-state index in [1.54, 1.807) is 6.20 Å². The highest BCUT2D eigenvalue weighted by molar-refractivity contribution is 6.31. The molecule has 126 valence electrons. The fourth-order valence-corrected chi connectivity index (χ4v) is 3.29. The molecule has 6 heteroatoms. The molecule has 2 heterocycles. The maximum absolute atomic E-state index is 12.3. The summed E-state index contributed by atoms with van der Waals surface area (Å²) < 4.78 is 0. The molecule has 0 radical (unpaired) electrons. The number of likely N-dealkylation sites (tertiary alicyclic amines) is 1. The number of nitrogens with one attached hydrogen (secondary N) is 1. The van der Waals surface area contributed by atoms with Crippen LogP contribution in [0.1, 0.15) is 12.0 Å². The molecule has 4 rings (SSSR count).